The fourth-order valence-electron chi connectivity index (χ4n) is 11.4. The third kappa shape index (κ3) is 9.37. The van der Waals surface area contributed by atoms with Gasteiger partial charge < -0.3 is 27.0 Å². The number of halogens is 1. The average molecular weight is 1110 g/mol. The van der Waals surface area contributed by atoms with Crippen molar-refractivity contribution in [1.82, 2.24) is 9.97 Å². The van der Waals surface area contributed by atoms with E-state index < -0.39 is 43.8 Å². The molecule has 0 radical (unpaired) electrons. The standard InChI is InChI=1S/C33H27NO2.C28H23BO4.C11H16ClN/c1-19-18-34-28(16-20(19)17-33(2,3)4)27-10-7-9-22-24-14-15-25-26(31(24)36-32(22)27)13-12-23-21-8-5-6-11-29(21)35-30(23)25;1-27(2)28(3,4)33-29(32-27)22-10-7-9-17-19-14-15-20-21(25(19)31-26(17)22)13-12-18-16-8-5-6-11-23(16)30-24(18)20;1-8-7-13-10(12)5-9(8)6-11(2,3)4/h5-16,18H,17H2,1-4H3;5-15H,1-4H3;5,7H,6H2,1-4H3/i1D3;;1D3,6D2. The maximum Gasteiger partial charge on any atom is 0.498 e. The smallest absolute Gasteiger partial charge is 0.456 e. The first-order valence-corrected chi connectivity index (χ1v) is 28.1. The molecule has 1 aliphatic heterocycles. The fourth-order valence-corrected chi connectivity index (χ4v) is 11.5. The van der Waals surface area contributed by atoms with Gasteiger partial charge in [0.1, 0.15) is 49.8 Å². The van der Waals surface area contributed by atoms with E-state index in [1.807, 2.05) is 66.7 Å². The highest BCUT2D eigenvalue weighted by atomic mass is 35.5. The van der Waals surface area contributed by atoms with Crippen LogP contribution in [0.1, 0.15) is 102 Å². The Balaban J connectivity index is 0.000000132. The second-order valence-electron chi connectivity index (χ2n) is 24.7. The third-order valence-corrected chi connectivity index (χ3v) is 16.1. The zero-order valence-electron chi connectivity index (χ0n) is 55.5. The Morgan fingerprint density at radius 3 is 1.40 bits per heavy atom. The van der Waals surface area contributed by atoms with Crippen LogP contribution in [0.25, 0.3) is 121 Å². The van der Waals surface area contributed by atoms with Crippen LogP contribution in [0.3, 0.4) is 0 Å². The number of aromatic nitrogens is 2. The van der Waals surface area contributed by atoms with Crippen molar-refractivity contribution in [2.24, 2.45) is 10.8 Å². The van der Waals surface area contributed by atoms with Gasteiger partial charge in [0.15, 0.2) is 0 Å². The first-order valence-electron chi connectivity index (χ1n) is 31.7. The molecule has 0 spiro atoms. The van der Waals surface area contributed by atoms with Crippen molar-refractivity contribution in [3.05, 3.63) is 185 Å². The summed E-state index contributed by atoms with van der Waals surface area (Å²) >= 11 is 5.76. The lowest BCUT2D eigenvalue weighted by molar-refractivity contribution is 0.00578. The van der Waals surface area contributed by atoms with Crippen LogP contribution in [0.4, 0.5) is 0 Å². The Labute approximate surface area is 493 Å². The maximum absolute atomic E-state index is 8.17. The summed E-state index contributed by atoms with van der Waals surface area (Å²) in [6, 6.07) is 48.6. The summed E-state index contributed by atoms with van der Waals surface area (Å²) in [5.74, 6) is 0. The quantitative estimate of drug-likeness (QED) is 0.127. The van der Waals surface area contributed by atoms with E-state index in [4.69, 9.17) is 49.5 Å². The lowest BCUT2D eigenvalue weighted by atomic mass is 9.78. The van der Waals surface area contributed by atoms with Gasteiger partial charge in [0.2, 0.25) is 0 Å². The van der Waals surface area contributed by atoms with Crippen molar-refractivity contribution in [3.63, 3.8) is 0 Å². The van der Waals surface area contributed by atoms with E-state index in [1.54, 1.807) is 20.8 Å². The number of pyridine rings is 2. The first kappa shape index (κ1) is 44.7. The molecular formula is C72H66BClN2O6. The lowest BCUT2D eigenvalue weighted by Crippen LogP contribution is -2.41. The summed E-state index contributed by atoms with van der Waals surface area (Å²) < 4.78 is 101. The van der Waals surface area contributed by atoms with Crippen molar-refractivity contribution < 1.29 is 37.9 Å². The SMILES string of the molecule is CC1(C)OB(c2cccc3c2oc2c3ccc3c2ccc2c4ccccc4oc23)OC1(C)C.[2H]C([2H])([2H])c1cnc(-c2cccc3c2oc2c3ccc3c2ccc2c4ccccc4oc23)cc1CC(C)(C)C.[2H]C([2H])([2H])c1cnc(Cl)cc1C([2H])([2H])C(C)(C)C. The molecule has 1 fully saturated rings. The second-order valence-corrected chi connectivity index (χ2v) is 25.1. The van der Waals surface area contributed by atoms with Crippen LogP contribution >= 0.6 is 11.6 Å². The Bertz CT molecular complexity index is 5180. The highest BCUT2D eigenvalue weighted by Crippen LogP contribution is 2.44. The molecule has 10 heteroatoms. The van der Waals surface area contributed by atoms with Crippen molar-refractivity contribution in [3.8, 4) is 11.3 Å². The van der Waals surface area contributed by atoms with Crippen LogP contribution in [-0.4, -0.2) is 28.3 Å². The average Bonchev–Trinajstić information content (AvgIpc) is 2.14. The molecule has 0 saturated carbocycles. The van der Waals surface area contributed by atoms with Gasteiger partial charge in [-0.2, -0.15) is 0 Å². The summed E-state index contributed by atoms with van der Waals surface area (Å²) in [5.41, 5.74) is 8.59. The Kier molecular flexibility index (Phi) is 10.7. The Hall–Kier alpha value is -7.95. The third-order valence-electron chi connectivity index (χ3n) is 15.9. The molecule has 1 aliphatic rings. The van der Waals surface area contributed by atoms with Gasteiger partial charge in [0.25, 0.3) is 0 Å². The van der Waals surface area contributed by atoms with Crippen LogP contribution in [0.5, 0.6) is 0 Å². The number of aryl methyl sites for hydroxylation is 2. The molecule has 14 aromatic rings. The first-order chi connectivity index (χ1) is 42.3. The molecule has 0 bridgehead atoms. The van der Waals surface area contributed by atoms with E-state index in [9.17, 15) is 0 Å². The maximum atomic E-state index is 8.17. The van der Waals surface area contributed by atoms with Gasteiger partial charge in [-0.25, -0.2) is 4.98 Å². The minimum atomic E-state index is -2.41. The molecule has 0 amide bonds. The van der Waals surface area contributed by atoms with E-state index in [-0.39, 0.29) is 21.7 Å². The second kappa shape index (κ2) is 19.6. The molecule has 0 N–H and O–H groups in total. The topological polar surface area (TPSA) is 96.8 Å². The van der Waals surface area contributed by atoms with Crippen LogP contribution < -0.4 is 5.46 Å². The molecule has 8 aromatic carbocycles. The van der Waals surface area contributed by atoms with E-state index >= 15 is 0 Å². The zero-order chi connectivity index (χ0) is 64.0. The van der Waals surface area contributed by atoms with Crippen LogP contribution in [0.2, 0.25) is 5.15 Å². The summed E-state index contributed by atoms with van der Waals surface area (Å²) in [4.78, 5) is 8.36. The number of hydrogen-bond donors (Lipinski definition) is 0. The molecule has 82 heavy (non-hydrogen) atoms. The number of nitrogens with zero attached hydrogens (tertiary/aromatic N) is 2. The van der Waals surface area contributed by atoms with E-state index in [0.717, 1.165) is 132 Å². The van der Waals surface area contributed by atoms with Crippen molar-refractivity contribution in [2.75, 3.05) is 0 Å². The molecule has 0 unspecified atom stereocenters. The van der Waals surface area contributed by atoms with Crippen molar-refractivity contribution >= 4 is 133 Å². The number of hydrogen-bond acceptors (Lipinski definition) is 8. The molecule has 0 aliphatic carbocycles. The lowest BCUT2D eigenvalue weighted by Gasteiger charge is -2.32. The van der Waals surface area contributed by atoms with Crippen LogP contribution in [-0.2, 0) is 22.1 Å². The molecule has 7 heterocycles. The minimum absolute atomic E-state index is 0.0785. The summed E-state index contributed by atoms with van der Waals surface area (Å²) in [7, 11) is -0.479. The van der Waals surface area contributed by atoms with Crippen LogP contribution in [0.15, 0.2) is 176 Å². The van der Waals surface area contributed by atoms with Gasteiger partial charge in [-0.3, -0.25) is 4.98 Å². The Morgan fingerprint density at radius 1 is 0.463 bits per heavy atom. The van der Waals surface area contributed by atoms with Gasteiger partial charge >= 0.3 is 7.12 Å². The predicted octanol–water partition coefficient (Wildman–Crippen LogP) is 20.2. The molecule has 410 valence electrons. The molecule has 1 saturated heterocycles. The predicted molar refractivity (Wildman–Crippen MR) is 341 cm³/mol. The van der Waals surface area contributed by atoms with Gasteiger partial charge in [-0.1, -0.05) is 120 Å². The number of rotatable bonds is 4. The largest absolute Gasteiger partial charge is 0.498 e. The van der Waals surface area contributed by atoms with E-state index in [0.29, 0.717) is 17.7 Å². The van der Waals surface area contributed by atoms with Gasteiger partial charge in [-0.15, -0.1) is 0 Å². The monoisotopic (exact) mass is 1110 g/mol. The van der Waals surface area contributed by atoms with Gasteiger partial charge in [-0.05, 0) is 166 Å². The van der Waals surface area contributed by atoms with Crippen molar-refractivity contribution in [1.29, 1.82) is 0 Å². The summed E-state index contributed by atoms with van der Waals surface area (Å²) in [5, 5.41) is 12.7. The van der Waals surface area contributed by atoms with Crippen molar-refractivity contribution in [2.45, 2.75) is 107 Å². The highest BCUT2D eigenvalue weighted by molar-refractivity contribution is 6.65. The van der Waals surface area contributed by atoms with Gasteiger partial charge in [0.05, 0.1) is 16.9 Å². The number of para-hydroxylation sites is 4. The molecule has 8 nitrogen and oxygen atoms in total. The van der Waals surface area contributed by atoms with Gasteiger partial charge in [0, 0.05) is 99.0 Å². The highest BCUT2D eigenvalue weighted by Gasteiger charge is 2.52. The van der Waals surface area contributed by atoms with Crippen LogP contribution in [0, 0.1) is 24.5 Å². The molecule has 15 rings (SSSR count). The van der Waals surface area contributed by atoms with E-state index in [2.05, 4.69) is 131 Å². The summed E-state index contributed by atoms with van der Waals surface area (Å²) in [6.45, 7) is 15.1. The number of benzene rings is 8. The normalized spacial score (nSPS) is 16.5. The summed E-state index contributed by atoms with van der Waals surface area (Å²) in [6.07, 6.45) is 1.46. The van der Waals surface area contributed by atoms with E-state index in [1.165, 1.54) is 12.3 Å². The fraction of sp³-hybridized carbons (Fsp3) is 0.250. The zero-order valence-corrected chi connectivity index (χ0v) is 48.3. The Morgan fingerprint density at radius 2 is 0.890 bits per heavy atom. The number of furan rings is 4. The molecular weight excluding hydrogens is 1040 g/mol. The number of fused-ring (bicyclic) bond motifs is 18. The molecule has 6 aromatic heterocycles. The molecule has 0 atom stereocenters. The minimum Gasteiger partial charge on any atom is -0.456 e.